The van der Waals surface area contributed by atoms with Crippen molar-refractivity contribution in [3.8, 4) is 11.6 Å². The first-order valence-electron chi connectivity index (χ1n) is 13.1. The highest BCUT2D eigenvalue weighted by Crippen LogP contribution is 2.38. The molecule has 2 aliphatic heterocycles. The molecule has 41 heavy (non-hydrogen) atoms. The van der Waals surface area contributed by atoms with Gasteiger partial charge in [0, 0.05) is 31.5 Å². The van der Waals surface area contributed by atoms with E-state index in [1.54, 1.807) is 36.3 Å². The average molecular weight is 583 g/mol. The van der Waals surface area contributed by atoms with E-state index in [1.165, 1.54) is 18.5 Å². The Hall–Kier alpha value is -4.10. The van der Waals surface area contributed by atoms with E-state index in [1.807, 2.05) is 0 Å². The Bertz CT molecular complexity index is 1570. The molecule has 0 spiro atoms. The van der Waals surface area contributed by atoms with Gasteiger partial charge in [-0.3, -0.25) is 9.69 Å². The van der Waals surface area contributed by atoms with Crippen molar-refractivity contribution in [2.75, 3.05) is 44.4 Å². The highest BCUT2D eigenvalue weighted by atomic mass is 32.2. The zero-order valence-electron chi connectivity index (χ0n) is 22.8. The van der Waals surface area contributed by atoms with Gasteiger partial charge in [0.05, 0.1) is 29.8 Å². The number of fused-ring (bicyclic) bond motifs is 1. The molecule has 2 aromatic carbocycles. The summed E-state index contributed by atoms with van der Waals surface area (Å²) < 4.78 is 49.8. The molecule has 0 bridgehead atoms. The molecule has 1 aromatic heterocycles. The Labute approximate surface area is 237 Å². The van der Waals surface area contributed by atoms with Gasteiger partial charge in [0.2, 0.25) is 5.88 Å². The van der Waals surface area contributed by atoms with Crippen molar-refractivity contribution in [2.24, 2.45) is 10.7 Å². The van der Waals surface area contributed by atoms with Crippen LogP contribution in [0.2, 0.25) is 0 Å². The van der Waals surface area contributed by atoms with Crippen molar-refractivity contribution in [2.45, 2.75) is 30.3 Å². The molecular formula is C28H31FN6O5S. The first-order chi connectivity index (χ1) is 19.6. The predicted molar refractivity (Wildman–Crippen MR) is 151 cm³/mol. The minimum Gasteiger partial charge on any atom is -0.497 e. The van der Waals surface area contributed by atoms with Crippen LogP contribution < -0.4 is 20.1 Å². The highest BCUT2D eigenvalue weighted by molar-refractivity contribution is 7.90. The van der Waals surface area contributed by atoms with Crippen molar-refractivity contribution in [1.29, 1.82) is 0 Å². The second-order valence-electron chi connectivity index (χ2n) is 10.00. The topological polar surface area (TPSA) is 140 Å². The minimum atomic E-state index is -3.52. The minimum absolute atomic E-state index is 0.0758. The Balaban J connectivity index is 1.18. The van der Waals surface area contributed by atoms with Gasteiger partial charge in [-0.2, -0.15) is 4.99 Å². The van der Waals surface area contributed by atoms with E-state index in [9.17, 15) is 17.6 Å². The molecule has 3 heterocycles. The summed E-state index contributed by atoms with van der Waals surface area (Å²) in [6, 6.07) is 10.6. The molecule has 13 heteroatoms. The van der Waals surface area contributed by atoms with Crippen LogP contribution in [0.4, 0.5) is 15.9 Å². The number of benzene rings is 2. The van der Waals surface area contributed by atoms with Gasteiger partial charge < -0.3 is 20.1 Å². The van der Waals surface area contributed by atoms with Crippen LogP contribution >= 0.6 is 0 Å². The zero-order valence-corrected chi connectivity index (χ0v) is 23.6. The molecule has 0 unspecified atom stereocenters. The van der Waals surface area contributed by atoms with Crippen LogP contribution in [0.15, 0.2) is 58.7 Å². The fourth-order valence-corrected chi connectivity index (χ4v) is 5.61. The van der Waals surface area contributed by atoms with Crippen molar-refractivity contribution in [3.63, 3.8) is 0 Å². The lowest BCUT2D eigenvalue weighted by Gasteiger charge is -2.31. The number of carbonyl (C=O) groups excluding carboxylic acids is 1. The molecule has 1 saturated heterocycles. The van der Waals surface area contributed by atoms with E-state index >= 15 is 0 Å². The van der Waals surface area contributed by atoms with E-state index in [4.69, 9.17) is 15.2 Å². The molecule has 0 atom stereocenters. The summed E-state index contributed by atoms with van der Waals surface area (Å²) in [5.41, 5.74) is 7.54. The third-order valence-electron chi connectivity index (χ3n) is 7.14. The van der Waals surface area contributed by atoms with Crippen LogP contribution in [-0.2, 0) is 16.3 Å². The normalized spacial score (nSPS) is 16.5. The lowest BCUT2D eigenvalue weighted by molar-refractivity contribution is 0.0992. The highest BCUT2D eigenvalue weighted by Gasteiger charge is 2.30. The molecule has 0 aliphatic carbocycles. The number of nitrogens with two attached hydrogens (primary N) is 1. The number of aliphatic imine (C=N–C) groups is 1. The quantitative estimate of drug-likeness (QED) is 0.311. The van der Waals surface area contributed by atoms with E-state index in [2.05, 4.69) is 19.9 Å². The number of amides is 1. The first-order valence-corrected chi connectivity index (χ1v) is 15.0. The second kappa shape index (κ2) is 11.8. The van der Waals surface area contributed by atoms with Crippen molar-refractivity contribution >= 4 is 33.1 Å². The number of amidine groups is 1. The number of halogens is 1. The SMILES string of the molecule is COc1ccc(C(=O)N=C(N)CN2CCC(Oc3ncnc4c3CCN4c3ccc(S(C)(=O)=O)cc3F)CC2)cc1. The lowest BCUT2D eigenvalue weighted by Crippen LogP contribution is -2.42. The molecule has 0 saturated carbocycles. The number of aromatic nitrogens is 2. The second-order valence-corrected chi connectivity index (χ2v) is 12.0. The maximum absolute atomic E-state index is 14.9. The smallest absolute Gasteiger partial charge is 0.278 e. The number of hydrogen-bond donors (Lipinski definition) is 1. The monoisotopic (exact) mass is 582 g/mol. The third-order valence-corrected chi connectivity index (χ3v) is 8.25. The molecule has 11 nitrogen and oxygen atoms in total. The van der Waals surface area contributed by atoms with E-state index in [0.29, 0.717) is 55.6 Å². The molecule has 216 valence electrons. The number of likely N-dealkylation sites (tertiary alicyclic amines) is 1. The molecule has 1 amide bonds. The molecular weight excluding hydrogens is 551 g/mol. The summed E-state index contributed by atoms with van der Waals surface area (Å²) in [6.07, 6.45) is 4.37. The first kappa shape index (κ1) is 28.4. The van der Waals surface area contributed by atoms with Gasteiger partial charge in [-0.25, -0.2) is 22.8 Å². The number of hydrogen-bond acceptors (Lipinski definition) is 9. The Morgan fingerprint density at radius 1 is 1.12 bits per heavy atom. The predicted octanol–water partition coefficient (Wildman–Crippen LogP) is 2.76. The molecule has 2 aliphatic rings. The summed E-state index contributed by atoms with van der Waals surface area (Å²) in [6.45, 7) is 2.24. The fourth-order valence-electron chi connectivity index (χ4n) is 4.98. The standard InChI is InChI=1S/C28H31FN6O5S/c1-39-19-5-3-18(4-6-19)27(36)33-25(30)16-34-12-9-20(10-13-34)40-28-22-11-14-35(26(22)31-17-32-28)24-8-7-21(15-23(24)29)41(2,37)38/h3-8,15,17,20H,9-14,16H2,1-2H3,(H2,30,33,36). The van der Waals surface area contributed by atoms with Gasteiger partial charge in [-0.15, -0.1) is 0 Å². The molecule has 1 fully saturated rings. The zero-order chi connectivity index (χ0) is 29.1. The van der Waals surface area contributed by atoms with Gasteiger partial charge in [0.25, 0.3) is 5.91 Å². The Kier molecular flexibility index (Phi) is 8.18. The molecule has 2 N–H and O–H groups in total. The van der Waals surface area contributed by atoms with Crippen LogP contribution in [0.5, 0.6) is 11.6 Å². The van der Waals surface area contributed by atoms with Gasteiger partial charge in [0.1, 0.15) is 35.7 Å². The number of rotatable bonds is 8. The van der Waals surface area contributed by atoms with E-state index in [-0.39, 0.29) is 22.5 Å². The number of nitrogens with zero attached hydrogens (tertiary/aromatic N) is 5. The summed E-state index contributed by atoms with van der Waals surface area (Å²) in [7, 11) is -1.96. The van der Waals surface area contributed by atoms with Gasteiger partial charge in [0.15, 0.2) is 9.84 Å². The van der Waals surface area contributed by atoms with Crippen molar-refractivity contribution in [1.82, 2.24) is 14.9 Å². The summed E-state index contributed by atoms with van der Waals surface area (Å²) in [5.74, 6) is 0.877. The van der Waals surface area contributed by atoms with Crippen LogP contribution in [0.3, 0.4) is 0 Å². The maximum atomic E-state index is 14.9. The summed E-state index contributed by atoms with van der Waals surface area (Å²) >= 11 is 0. The Morgan fingerprint density at radius 3 is 2.51 bits per heavy atom. The number of anilines is 2. The van der Waals surface area contributed by atoms with Gasteiger partial charge in [-0.05, 0) is 61.7 Å². The summed E-state index contributed by atoms with van der Waals surface area (Å²) in [4.78, 5) is 28.9. The van der Waals surface area contributed by atoms with Crippen molar-refractivity contribution < 1.29 is 27.1 Å². The largest absolute Gasteiger partial charge is 0.497 e. The van der Waals surface area contributed by atoms with E-state index in [0.717, 1.165) is 30.7 Å². The average Bonchev–Trinajstić information content (AvgIpc) is 3.38. The molecule has 5 rings (SSSR count). The van der Waals surface area contributed by atoms with Crippen LogP contribution in [0, 0.1) is 5.82 Å². The number of ether oxygens (including phenoxy) is 2. The summed E-state index contributed by atoms with van der Waals surface area (Å²) in [5, 5.41) is 0. The van der Waals surface area contributed by atoms with Gasteiger partial charge in [-0.1, -0.05) is 0 Å². The van der Waals surface area contributed by atoms with Crippen LogP contribution in [0.1, 0.15) is 28.8 Å². The molecule has 0 radical (unpaired) electrons. The van der Waals surface area contributed by atoms with Crippen LogP contribution in [-0.4, -0.2) is 80.7 Å². The van der Waals surface area contributed by atoms with E-state index < -0.39 is 21.6 Å². The fraction of sp³-hybridized carbons (Fsp3) is 0.357. The number of sulfone groups is 1. The van der Waals surface area contributed by atoms with Crippen molar-refractivity contribution in [3.05, 3.63) is 65.7 Å². The third kappa shape index (κ3) is 6.46. The number of methoxy groups -OCH3 is 1. The van der Waals surface area contributed by atoms with Crippen LogP contribution in [0.25, 0.3) is 0 Å². The maximum Gasteiger partial charge on any atom is 0.278 e. The molecule has 3 aromatic rings. The number of carbonyl (C=O) groups is 1. The Morgan fingerprint density at radius 2 is 1.85 bits per heavy atom. The van der Waals surface area contributed by atoms with Gasteiger partial charge >= 0.3 is 0 Å². The number of piperidine rings is 1. The lowest BCUT2D eigenvalue weighted by atomic mass is 10.1.